The van der Waals surface area contributed by atoms with Crippen molar-refractivity contribution < 1.29 is 19.1 Å². The molecule has 200 valence electrons. The number of hydrogen-bond acceptors (Lipinski definition) is 9. The van der Waals surface area contributed by atoms with Crippen LogP contribution < -0.4 is 20.9 Å². The summed E-state index contributed by atoms with van der Waals surface area (Å²) >= 11 is 0. The maximum Gasteiger partial charge on any atom is 0.328 e. The van der Waals surface area contributed by atoms with Crippen molar-refractivity contribution in [2.75, 3.05) is 55.9 Å². The van der Waals surface area contributed by atoms with Gasteiger partial charge in [0.05, 0.1) is 23.9 Å². The highest BCUT2D eigenvalue weighted by molar-refractivity contribution is 6.02. The Morgan fingerprint density at radius 1 is 1.37 bits per heavy atom. The molecular weight excluding hydrogens is 488 g/mol. The number of ether oxygens (including phenoxy) is 1. The number of aryl methyl sites for hydroxylation is 1. The van der Waals surface area contributed by atoms with Gasteiger partial charge in [-0.1, -0.05) is 0 Å². The van der Waals surface area contributed by atoms with Crippen LogP contribution in [0.4, 0.5) is 22.1 Å². The molecule has 2 aromatic rings. The maximum absolute atomic E-state index is 13.2. The topological polar surface area (TPSA) is 153 Å². The van der Waals surface area contributed by atoms with Crippen LogP contribution >= 0.6 is 0 Å². The summed E-state index contributed by atoms with van der Waals surface area (Å²) in [4.78, 5) is 49.8. The van der Waals surface area contributed by atoms with Crippen molar-refractivity contribution in [3.63, 3.8) is 0 Å². The maximum atomic E-state index is 13.2. The van der Waals surface area contributed by atoms with E-state index in [9.17, 15) is 19.6 Å². The normalized spacial score (nSPS) is 16.3. The van der Waals surface area contributed by atoms with E-state index in [4.69, 9.17) is 4.74 Å². The molecule has 4 rings (SSSR count). The van der Waals surface area contributed by atoms with Gasteiger partial charge in [0.15, 0.2) is 6.29 Å². The minimum absolute atomic E-state index is 0.0101. The number of urea groups is 1. The van der Waals surface area contributed by atoms with Gasteiger partial charge < -0.3 is 20.3 Å². The molecular formula is C26H32N8O4. The average Bonchev–Trinajstić information content (AvgIpc) is 3.47. The van der Waals surface area contributed by atoms with Gasteiger partial charge in [0.25, 0.3) is 0 Å². The SMILES string of the molecule is COCCNc1cc(NC(=O)N2CCCc3cc(CN(C)C(=O)[C@H]4CCCN4)c(C=O)nc32)ncc1C#N. The monoisotopic (exact) mass is 520 g/mol. The highest BCUT2D eigenvalue weighted by Crippen LogP contribution is 2.29. The lowest BCUT2D eigenvalue weighted by Gasteiger charge is -2.30. The molecule has 4 heterocycles. The molecule has 3 amide bonds. The number of carbonyl (C=O) groups excluding carboxylic acids is 3. The van der Waals surface area contributed by atoms with E-state index in [0.29, 0.717) is 61.5 Å². The molecule has 0 spiro atoms. The van der Waals surface area contributed by atoms with E-state index in [1.54, 1.807) is 25.1 Å². The first kappa shape index (κ1) is 27.0. The number of amides is 3. The molecule has 3 N–H and O–H groups in total. The van der Waals surface area contributed by atoms with Gasteiger partial charge in [-0.05, 0) is 43.9 Å². The fraction of sp³-hybridized carbons (Fsp3) is 0.462. The van der Waals surface area contributed by atoms with Crippen molar-refractivity contribution in [3.8, 4) is 6.07 Å². The number of aldehydes is 1. The van der Waals surface area contributed by atoms with E-state index < -0.39 is 6.03 Å². The smallest absolute Gasteiger partial charge is 0.328 e. The summed E-state index contributed by atoms with van der Waals surface area (Å²) in [5.41, 5.74) is 2.56. The van der Waals surface area contributed by atoms with Crippen LogP contribution in [0.5, 0.6) is 0 Å². The van der Waals surface area contributed by atoms with Crippen molar-refractivity contribution in [3.05, 3.63) is 40.7 Å². The van der Waals surface area contributed by atoms with Crippen molar-refractivity contribution in [1.82, 2.24) is 20.2 Å². The quantitative estimate of drug-likeness (QED) is 0.332. The summed E-state index contributed by atoms with van der Waals surface area (Å²) in [5.74, 6) is 0.677. The molecule has 1 atom stereocenters. The Bertz CT molecular complexity index is 1240. The largest absolute Gasteiger partial charge is 0.383 e. The zero-order valence-corrected chi connectivity index (χ0v) is 21.6. The predicted octanol–water partition coefficient (Wildman–Crippen LogP) is 1.91. The number of nitrogens with zero attached hydrogens (tertiary/aromatic N) is 5. The molecule has 0 radical (unpaired) electrons. The van der Waals surface area contributed by atoms with Crippen molar-refractivity contribution >= 4 is 35.5 Å². The number of pyridine rings is 2. The zero-order valence-electron chi connectivity index (χ0n) is 21.6. The summed E-state index contributed by atoms with van der Waals surface area (Å²) < 4.78 is 5.04. The lowest BCUT2D eigenvalue weighted by atomic mass is 10.0. The molecule has 38 heavy (non-hydrogen) atoms. The summed E-state index contributed by atoms with van der Waals surface area (Å²) in [5, 5.41) is 18.4. The third-order valence-electron chi connectivity index (χ3n) is 6.65. The van der Waals surface area contributed by atoms with Gasteiger partial charge in [0, 0.05) is 51.6 Å². The highest BCUT2D eigenvalue weighted by atomic mass is 16.5. The molecule has 12 heteroatoms. The van der Waals surface area contributed by atoms with Gasteiger partial charge >= 0.3 is 6.03 Å². The fourth-order valence-corrected chi connectivity index (χ4v) is 4.70. The molecule has 1 fully saturated rings. The fourth-order valence-electron chi connectivity index (χ4n) is 4.70. The Labute approximate surface area is 221 Å². The van der Waals surface area contributed by atoms with E-state index in [-0.39, 0.29) is 30.0 Å². The van der Waals surface area contributed by atoms with E-state index in [2.05, 4.69) is 32.0 Å². The number of hydrogen-bond donors (Lipinski definition) is 3. The Morgan fingerprint density at radius 2 is 2.21 bits per heavy atom. The van der Waals surface area contributed by atoms with Crippen molar-refractivity contribution in [2.45, 2.75) is 38.3 Å². The molecule has 2 aliphatic rings. The number of likely N-dealkylation sites (N-methyl/N-ethyl adjacent to an activating group) is 1. The number of nitrogens with one attached hydrogen (secondary N) is 3. The lowest BCUT2D eigenvalue weighted by molar-refractivity contribution is -0.132. The first-order valence-electron chi connectivity index (χ1n) is 12.6. The number of carbonyl (C=O) groups is 3. The molecule has 2 aliphatic heterocycles. The van der Waals surface area contributed by atoms with Gasteiger partial charge in [-0.25, -0.2) is 14.8 Å². The Balaban J connectivity index is 1.51. The standard InChI is InChI=1S/C26H32N8O4/c1-33(25(36)20-6-3-7-28-20)15-18-11-17-5-4-9-34(24(17)31-22(18)16-35)26(37)32-23-12-21(29-8-10-38-2)19(13-27)14-30-23/h11-12,14,16,20,28H,3-10,15H2,1-2H3,(H2,29,30,32,37)/t20-/m1/s1. The number of methoxy groups -OCH3 is 1. The first-order chi connectivity index (χ1) is 18.4. The van der Waals surface area contributed by atoms with Gasteiger partial charge in [-0.15, -0.1) is 0 Å². The van der Waals surface area contributed by atoms with Gasteiger partial charge in [-0.2, -0.15) is 5.26 Å². The second kappa shape index (κ2) is 12.4. The van der Waals surface area contributed by atoms with Crippen LogP contribution in [0.3, 0.4) is 0 Å². The van der Waals surface area contributed by atoms with Crippen LogP contribution in [0.25, 0.3) is 0 Å². The summed E-state index contributed by atoms with van der Waals surface area (Å²) in [6.07, 6.45) is 5.23. The number of fused-ring (bicyclic) bond motifs is 1. The Morgan fingerprint density at radius 3 is 2.92 bits per heavy atom. The number of rotatable bonds is 9. The molecule has 2 aromatic heterocycles. The molecule has 0 aliphatic carbocycles. The predicted molar refractivity (Wildman–Crippen MR) is 141 cm³/mol. The lowest BCUT2D eigenvalue weighted by Crippen LogP contribution is -2.42. The number of anilines is 3. The summed E-state index contributed by atoms with van der Waals surface area (Å²) in [7, 11) is 3.30. The third kappa shape index (κ3) is 6.07. The molecule has 12 nitrogen and oxygen atoms in total. The minimum atomic E-state index is -0.442. The second-order valence-electron chi connectivity index (χ2n) is 9.31. The van der Waals surface area contributed by atoms with E-state index in [1.165, 1.54) is 11.1 Å². The second-order valence-corrected chi connectivity index (χ2v) is 9.31. The van der Waals surface area contributed by atoms with Gasteiger partial charge in [0.1, 0.15) is 23.4 Å². The molecule has 0 bridgehead atoms. The minimum Gasteiger partial charge on any atom is -0.383 e. The van der Waals surface area contributed by atoms with E-state index in [1.807, 2.05) is 6.07 Å². The van der Waals surface area contributed by atoms with Crippen LogP contribution in [-0.2, 0) is 22.5 Å². The Kier molecular flexibility index (Phi) is 8.83. The molecule has 0 unspecified atom stereocenters. The first-order valence-corrected chi connectivity index (χ1v) is 12.6. The van der Waals surface area contributed by atoms with Crippen LogP contribution in [0.2, 0.25) is 0 Å². The number of nitriles is 1. The van der Waals surface area contributed by atoms with Crippen LogP contribution in [-0.4, -0.2) is 79.5 Å². The van der Waals surface area contributed by atoms with Crippen LogP contribution in [0.15, 0.2) is 18.3 Å². The Hall–Kier alpha value is -4.08. The molecule has 1 saturated heterocycles. The zero-order chi connectivity index (χ0) is 27.1. The third-order valence-corrected chi connectivity index (χ3v) is 6.65. The van der Waals surface area contributed by atoms with Gasteiger partial charge in [-0.3, -0.25) is 19.8 Å². The highest BCUT2D eigenvalue weighted by Gasteiger charge is 2.28. The van der Waals surface area contributed by atoms with Gasteiger partial charge in [0.2, 0.25) is 5.91 Å². The molecule has 0 aromatic carbocycles. The summed E-state index contributed by atoms with van der Waals surface area (Å²) in [6, 6.07) is 4.90. The van der Waals surface area contributed by atoms with E-state index >= 15 is 0 Å². The molecule has 0 saturated carbocycles. The number of aromatic nitrogens is 2. The van der Waals surface area contributed by atoms with Crippen LogP contribution in [0.1, 0.15) is 46.4 Å². The average molecular weight is 521 g/mol. The van der Waals surface area contributed by atoms with Crippen molar-refractivity contribution in [2.24, 2.45) is 0 Å². The van der Waals surface area contributed by atoms with E-state index in [0.717, 1.165) is 24.9 Å². The summed E-state index contributed by atoms with van der Waals surface area (Å²) in [6.45, 7) is 2.44. The van der Waals surface area contributed by atoms with Crippen LogP contribution in [0, 0.1) is 11.3 Å². The van der Waals surface area contributed by atoms with Crippen molar-refractivity contribution in [1.29, 1.82) is 5.26 Å².